The van der Waals surface area contributed by atoms with Crippen molar-refractivity contribution < 1.29 is 14.9 Å². The molecule has 140 valence electrons. The van der Waals surface area contributed by atoms with Crippen LogP contribution in [0.3, 0.4) is 0 Å². The van der Waals surface area contributed by atoms with Crippen LogP contribution in [0.25, 0.3) is 0 Å². The molecule has 1 aromatic carbocycles. The molecule has 0 unspecified atom stereocenters. The number of ether oxygens (including phenoxy) is 1. The van der Waals surface area contributed by atoms with Gasteiger partial charge in [-0.2, -0.15) is 0 Å². The zero-order chi connectivity index (χ0) is 18.5. The monoisotopic (exact) mass is 357 g/mol. The molecule has 0 saturated heterocycles. The van der Waals surface area contributed by atoms with Gasteiger partial charge in [0, 0.05) is 30.5 Å². The van der Waals surface area contributed by atoms with Gasteiger partial charge in [0.15, 0.2) is 5.82 Å². The molecule has 1 saturated carbocycles. The molecule has 0 amide bonds. The van der Waals surface area contributed by atoms with Crippen molar-refractivity contribution in [3.05, 3.63) is 54.1 Å². The number of hydrogen-bond donors (Lipinski definition) is 2. The largest absolute Gasteiger partial charge is 0.486 e. The topological polar surface area (TPSA) is 78.7 Å². The van der Waals surface area contributed by atoms with E-state index in [1.165, 1.54) is 0 Å². The quantitative estimate of drug-likeness (QED) is 0.782. The van der Waals surface area contributed by atoms with Gasteiger partial charge in [-0.1, -0.05) is 18.2 Å². The number of nitrogens with zero attached hydrogens (tertiary/aromatic N) is 3. The van der Waals surface area contributed by atoms with E-state index in [2.05, 4.69) is 14.9 Å². The summed E-state index contributed by atoms with van der Waals surface area (Å²) < 4.78 is 5.72. The van der Waals surface area contributed by atoms with E-state index in [1.807, 2.05) is 50.5 Å². The Labute approximate surface area is 154 Å². The van der Waals surface area contributed by atoms with Crippen molar-refractivity contribution in [2.75, 3.05) is 20.7 Å². The SMILES string of the molecule is CN(C)[C@@H]1C[C@@H](O)[C@H](CO)[C@H]1Cc1ccnc(COc2ccccc2)n1. The fourth-order valence-electron chi connectivity index (χ4n) is 3.84. The molecule has 1 fully saturated rings. The van der Waals surface area contributed by atoms with Gasteiger partial charge in [0.1, 0.15) is 12.4 Å². The molecular formula is C20H27N3O3. The maximum atomic E-state index is 10.3. The Bertz CT molecular complexity index is 696. The van der Waals surface area contributed by atoms with Gasteiger partial charge in [0.25, 0.3) is 0 Å². The first kappa shape index (κ1) is 18.8. The fraction of sp³-hybridized carbons (Fsp3) is 0.500. The second kappa shape index (κ2) is 8.58. The molecule has 6 nitrogen and oxygen atoms in total. The van der Waals surface area contributed by atoms with Gasteiger partial charge in [-0.3, -0.25) is 0 Å². The van der Waals surface area contributed by atoms with Gasteiger partial charge in [-0.15, -0.1) is 0 Å². The number of benzene rings is 1. The lowest BCUT2D eigenvalue weighted by molar-refractivity contribution is 0.0707. The van der Waals surface area contributed by atoms with Gasteiger partial charge >= 0.3 is 0 Å². The molecule has 0 radical (unpaired) electrons. The average Bonchev–Trinajstić information content (AvgIpc) is 2.97. The van der Waals surface area contributed by atoms with Gasteiger partial charge in [-0.25, -0.2) is 9.97 Å². The van der Waals surface area contributed by atoms with Crippen molar-refractivity contribution in [2.24, 2.45) is 11.8 Å². The van der Waals surface area contributed by atoms with E-state index < -0.39 is 6.10 Å². The Kier molecular flexibility index (Phi) is 6.19. The minimum atomic E-state index is -0.472. The number of aliphatic hydroxyl groups is 2. The van der Waals surface area contributed by atoms with Crippen LogP contribution in [-0.2, 0) is 13.0 Å². The molecule has 0 spiro atoms. The molecule has 4 atom stereocenters. The van der Waals surface area contributed by atoms with Crippen LogP contribution in [0.5, 0.6) is 5.75 Å². The predicted molar refractivity (Wildman–Crippen MR) is 98.7 cm³/mol. The molecule has 0 aliphatic heterocycles. The first-order chi connectivity index (χ1) is 12.6. The summed E-state index contributed by atoms with van der Waals surface area (Å²) in [6, 6.07) is 11.7. The highest BCUT2D eigenvalue weighted by Gasteiger charge is 2.43. The lowest BCUT2D eigenvalue weighted by atomic mass is 9.88. The summed E-state index contributed by atoms with van der Waals surface area (Å²) in [7, 11) is 4.03. The number of aliphatic hydroxyl groups excluding tert-OH is 2. The minimum absolute atomic E-state index is 0.00870. The van der Waals surface area contributed by atoms with E-state index in [0.717, 1.165) is 11.4 Å². The normalized spacial score (nSPS) is 25.6. The van der Waals surface area contributed by atoms with Gasteiger partial charge in [0.2, 0.25) is 0 Å². The molecule has 1 aromatic heterocycles. The zero-order valence-electron chi connectivity index (χ0n) is 15.3. The smallest absolute Gasteiger partial charge is 0.166 e. The minimum Gasteiger partial charge on any atom is -0.486 e. The highest BCUT2D eigenvalue weighted by atomic mass is 16.5. The van der Waals surface area contributed by atoms with Crippen LogP contribution in [0.4, 0.5) is 0 Å². The molecule has 1 aliphatic rings. The van der Waals surface area contributed by atoms with Crippen molar-refractivity contribution in [3.63, 3.8) is 0 Å². The molecule has 2 N–H and O–H groups in total. The van der Waals surface area contributed by atoms with Crippen molar-refractivity contribution in [1.82, 2.24) is 14.9 Å². The second-order valence-electron chi connectivity index (χ2n) is 7.11. The van der Waals surface area contributed by atoms with Crippen LogP contribution in [0.1, 0.15) is 17.9 Å². The highest BCUT2D eigenvalue weighted by Crippen LogP contribution is 2.36. The molecule has 3 rings (SSSR count). The van der Waals surface area contributed by atoms with Gasteiger partial charge < -0.3 is 19.8 Å². The van der Waals surface area contributed by atoms with Crippen LogP contribution in [0.15, 0.2) is 42.6 Å². The molecule has 1 heterocycles. The van der Waals surface area contributed by atoms with E-state index >= 15 is 0 Å². The lowest BCUT2D eigenvalue weighted by Gasteiger charge is -2.28. The van der Waals surface area contributed by atoms with Gasteiger partial charge in [0.05, 0.1) is 6.10 Å². The zero-order valence-corrected chi connectivity index (χ0v) is 15.3. The maximum Gasteiger partial charge on any atom is 0.166 e. The molecule has 1 aliphatic carbocycles. The Morgan fingerprint density at radius 1 is 1.15 bits per heavy atom. The fourth-order valence-corrected chi connectivity index (χ4v) is 3.84. The number of para-hydroxylation sites is 1. The molecule has 26 heavy (non-hydrogen) atoms. The van der Waals surface area contributed by atoms with Crippen molar-refractivity contribution in [2.45, 2.75) is 31.6 Å². The van der Waals surface area contributed by atoms with E-state index in [1.54, 1.807) is 6.20 Å². The Hall–Kier alpha value is -2.02. The third-order valence-corrected chi connectivity index (χ3v) is 5.21. The van der Waals surface area contributed by atoms with Crippen LogP contribution < -0.4 is 4.74 Å². The Morgan fingerprint density at radius 2 is 1.92 bits per heavy atom. The standard InChI is InChI=1S/C20H27N3O3/c1-23(2)18-11-19(25)17(12-24)16(18)10-14-8-9-21-20(22-14)13-26-15-6-4-3-5-7-15/h3-9,16-19,24-25H,10-13H2,1-2H3/t16-,17-,18-,19-/m1/s1. The lowest BCUT2D eigenvalue weighted by Crippen LogP contribution is -2.35. The summed E-state index contributed by atoms with van der Waals surface area (Å²) in [5.41, 5.74) is 0.913. The van der Waals surface area contributed by atoms with E-state index in [9.17, 15) is 10.2 Å². The third kappa shape index (κ3) is 4.38. The second-order valence-corrected chi connectivity index (χ2v) is 7.11. The molecule has 2 aromatic rings. The number of aromatic nitrogens is 2. The van der Waals surface area contributed by atoms with Gasteiger partial charge in [-0.05, 0) is 51.1 Å². The third-order valence-electron chi connectivity index (χ3n) is 5.21. The highest BCUT2D eigenvalue weighted by molar-refractivity contribution is 5.21. The Morgan fingerprint density at radius 3 is 2.62 bits per heavy atom. The van der Waals surface area contributed by atoms with Crippen LogP contribution >= 0.6 is 0 Å². The summed E-state index contributed by atoms with van der Waals surface area (Å²) in [5.74, 6) is 1.45. The molecule has 6 heteroatoms. The summed E-state index contributed by atoms with van der Waals surface area (Å²) in [6.45, 7) is 0.302. The van der Waals surface area contributed by atoms with E-state index in [-0.39, 0.29) is 24.5 Å². The number of hydrogen-bond acceptors (Lipinski definition) is 6. The van der Waals surface area contributed by atoms with Crippen molar-refractivity contribution in [1.29, 1.82) is 0 Å². The van der Waals surface area contributed by atoms with Crippen molar-refractivity contribution in [3.8, 4) is 5.75 Å². The van der Waals surface area contributed by atoms with Crippen LogP contribution in [0.2, 0.25) is 0 Å². The van der Waals surface area contributed by atoms with E-state index in [0.29, 0.717) is 25.3 Å². The van der Waals surface area contributed by atoms with Crippen LogP contribution in [-0.4, -0.2) is 57.9 Å². The number of rotatable bonds is 7. The summed E-state index contributed by atoms with van der Waals surface area (Å²) in [5, 5.41) is 20.0. The van der Waals surface area contributed by atoms with E-state index in [4.69, 9.17) is 4.74 Å². The summed E-state index contributed by atoms with van der Waals surface area (Å²) in [4.78, 5) is 11.0. The first-order valence-electron chi connectivity index (χ1n) is 9.02. The van der Waals surface area contributed by atoms with Crippen molar-refractivity contribution >= 4 is 0 Å². The summed E-state index contributed by atoms with van der Waals surface area (Å²) >= 11 is 0. The predicted octanol–water partition coefficient (Wildman–Crippen LogP) is 1.52. The molecule has 0 bridgehead atoms. The first-order valence-corrected chi connectivity index (χ1v) is 9.02. The average molecular weight is 357 g/mol. The molecular weight excluding hydrogens is 330 g/mol. The van der Waals surface area contributed by atoms with Crippen LogP contribution in [0, 0.1) is 11.8 Å². The summed E-state index contributed by atoms with van der Waals surface area (Å²) in [6.07, 6.45) is 2.65. The Balaban J connectivity index is 1.69. The maximum absolute atomic E-state index is 10.3.